The first-order chi connectivity index (χ1) is 9.95. The van der Waals surface area contributed by atoms with E-state index in [1.807, 2.05) is 6.07 Å². The van der Waals surface area contributed by atoms with Gasteiger partial charge in [-0.3, -0.25) is 10.1 Å². The van der Waals surface area contributed by atoms with Crippen LogP contribution in [0.3, 0.4) is 0 Å². The molecule has 1 aromatic carbocycles. The van der Waals surface area contributed by atoms with Gasteiger partial charge < -0.3 is 4.74 Å². The van der Waals surface area contributed by atoms with Gasteiger partial charge in [0.25, 0.3) is 5.88 Å². The van der Waals surface area contributed by atoms with Gasteiger partial charge in [0.15, 0.2) is 0 Å². The molecule has 0 amide bonds. The molecule has 1 aromatic heterocycles. The Hall–Kier alpha value is -2.72. The van der Waals surface area contributed by atoms with Crippen molar-refractivity contribution >= 4 is 17.3 Å². The fraction of sp³-hybridized carbons (Fsp3) is 0.154. The second-order valence-corrected chi connectivity index (χ2v) is 4.56. The molecule has 8 heteroatoms. The number of nitrogens with zero attached hydrogens (tertiary/aromatic N) is 4. The van der Waals surface area contributed by atoms with E-state index < -0.39 is 4.92 Å². The van der Waals surface area contributed by atoms with Gasteiger partial charge in [0.1, 0.15) is 11.6 Å². The van der Waals surface area contributed by atoms with Crippen LogP contribution >= 0.6 is 11.6 Å². The third-order valence-electron chi connectivity index (χ3n) is 2.88. The van der Waals surface area contributed by atoms with Crippen molar-refractivity contribution in [3.63, 3.8) is 0 Å². The molecule has 0 unspecified atom stereocenters. The summed E-state index contributed by atoms with van der Waals surface area (Å²) in [4.78, 5) is 10.4. The smallest absolute Gasteiger partial charge is 0.313 e. The monoisotopic (exact) mass is 304 g/mol. The standard InChI is InChI=1S/C13H9ClN4O3/c1-7-8(2)16-17-13(9(7)6-15)21-12-10(14)4-3-5-11(12)18(19)20/h3-5H,1-2H3. The van der Waals surface area contributed by atoms with E-state index in [0.717, 1.165) is 0 Å². The van der Waals surface area contributed by atoms with Gasteiger partial charge in [-0.2, -0.15) is 10.4 Å². The lowest BCUT2D eigenvalue weighted by Crippen LogP contribution is -2.02. The number of rotatable bonds is 3. The van der Waals surface area contributed by atoms with Crippen molar-refractivity contribution < 1.29 is 9.66 Å². The summed E-state index contributed by atoms with van der Waals surface area (Å²) in [5, 5.41) is 27.9. The fourth-order valence-electron chi connectivity index (χ4n) is 1.63. The van der Waals surface area contributed by atoms with E-state index in [-0.39, 0.29) is 27.9 Å². The molecule has 0 saturated heterocycles. The summed E-state index contributed by atoms with van der Waals surface area (Å²) in [6.45, 7) is 3.39. The van der Waals surface area contributed by atoms with Crippen molar-refractivity contribution in [3.05, 3.63) is 50.2 Å². The number of nitro groups is 1. The molecule has 0 radical (unpaired) electrons. The Morgan fingerprint density at radius 1 is 1.38 bits per heavy atom. The lowest BCUT2D eigenvalue weighted by Gasteiger charge is -2.09. The van der Waals surface area contributed by atoms with Gasteiger partial charge in [0.2, 0.25) is 5.75 Å². The Kier molecular flexibility index (Phi) is 4.00. The van der Waals surface area contributed by atoms with Crippen LogP contribution in [0.4, 0.5) is 5.69 Å². The van der Waals surface area contributed by atoms with E-state index in [9.17, 15) is 15.4 Å². The van der Waals surface area contributed by atoms with E-state index >= 15 is 0 Å². The van der Waals surface area contributed by atoms with Crippen LogP contribution < -0.4 is 4.74 Å². The molecule has 2 rings (SSSR count). The summed E-state index contributed by atoms with van der Waals surface area (Å²) in [7, 11) is 0. The average molecular weight is 305 g/mol. The normalized spacial score (nSPS) is 10.0. The molecule has 0 N–H and O–H groups in total. The summed E-state index contributed by atoms with van der Waals surface area (Å²) in [6.07, 6.45) is 0. The molecule has 0 fully saturated rings. The molecule has 0 aliphatic heterocycles. The quantitative estimate of drug-likeness (QED) is 0.636. The van der Waals surface area contributed by atoms with Gasteiger partial charge in [0, 0.05) is 6.07 Å². The lowest BCUT2D eigenvalue weighted by atomic mass is 10.1. The second-order valence-electron chi connectivity index (χ2n) is 4.15. The minimum absolute atomic E-state index is 0.0492. The molecular weight excluding hydrogens is 296 g/mol. The fourth-order valence-corrected chi connectivity index (χ4v) is 1.84. The van der Waals surface area contributed by atoms with Crippen LogP contribution in [0.1, 0.15) is 16.8 Å². The molecule has 0 aliphatic rings. The van der Waals surface area contributed by atoms with Gasteiger partial charge in [-0.05, 0) is 25.5 Å². The second kappa shape index (κ2) is 5.73. The van der Waals surface area contributed by atoms with Crippen molar-refractivity contribution in [2.45, 2.75) is 13.8 Å². The highest BCUT2D eigenvalue weighted by Crippen LogP contribution is 2.38. The maximum atomic E-state index is 11.0. The van der Waals surface area contributed by atoms with Crippen molar-refractivity contribution in [2.24, 2.45) is 0 Å². The number of halogens is 1. The number of hydrogen-bond acceptors (Lipinski definition) is 6. The van der Waals surface area contributed by atoms with Crippen LogP contribution in [0.25, 0.3) is 0 Å². The van der Waals surface area contributed by atoms with Crippen LogP contribution in [-0.4, -0.2) is 15.1 Å². The number of nitro benzene ring substituents is 1. The van der Waals surface area contributed by atoms with E-state index in [4.69, 9.17) is 16.3 Å². The summed E-state index contributed by atoms with van der Waals surface area (Å²) in [5.41, 5.74) is 1.02. The van der Waals surface area contributed by atoms with Gasteiger partial charge >= 0.3 is 5.69 Å². The first-order valence-corrected chi connectivity index (χ1v) is 6.18. The SMILES string of the molecule is Cc1nnc(Oc2c(Cl)cccc2[N+](=O)[O-])c(C#N)c1C. The van der Waals surface area contributed by atoms with Crippen LogP contribution in [-0.2, 0) is 0 Å². The maximum absolute atomic E-state index is 11.0. The van der Waals surface area contributed by atoms with E-state index in [0.29, 0.717) is 11.3 Å². The predicted octanol–water partition coefficient (Wildman–Crippen LogP) is 3.32. The van der Waals surface area contributed by atoms with Crippen LogP contribution in [0, 0.1) is 35.3 Å². The largest absolute Gasteiger partial charge is 0.428 e. The highest BCUT2D eigenvalue weighted by molar-refractivity contribution is 6.32. The van der Waals surface area contributed by atoms with Crippen LogP contribution in [0.15, 0.2) is 18.2 Å². The van der Waals surface area contributed by atoms with Crippen molar-refractivity contribution in [3.8, 4) is 17.7 Å². The van der Waals surface area contributed by atoms with Gasteiger partial charge in [-0.25, -0.2) is 0 Å². The summed E-state index contributed by atoms with van der Waals surface area (Å²) < 4.78 is 5.39. The Labute approximate surface area is 124 Å². The molecule has 0 bridgehead atoms. The molecule has 2 aromatic rings. The molecule has 21 heavy (non-hydrogen) atoms. The first kappa shape index (κ1) is 14.7. The van der Waals surface area contributed by atoms with Gasteiger partial charge in [-0.15, -0.1) is 5.10 Å². The van der Waals surface area contributed by atoms with Crippen molar-refractivity contribution in [2.75, 3.05) is 0 Å². The molecule has 0 aliphatic carbocycles. The zero-order valence-electron chi connectivity index (χ0n) is 11.1. The van der Waals surface area contributed by atoms with Crippen LogP contribution in [0.5, 0.6) is 11.6 Å². The van der Waals surface area contributed by atoms with E-state index in [2.05, 4.69) is 10.2 Å². The summed E-state index contributed by atoms with van der Waals surface area (Å²) in [5.74, 6) is -0.282. The number of nitriles is 1. The number of aryl methyl sites for hydroxylation is 1. The third-order valence-corrected chi connectivity index (χ3v) is 3.17. The summed E-state index contributed by atoms with van der Waals surface area (Å²) in [6, 6.07) is 6.09. The van der Waals surface area contributed by atoms with E-state index in [1.165, 1.54) is 18.2 Å². The van der Waals surface area contributed by atoms with Crippen molar-refractivity contribution in [1.29, 1.82) is 5.26 Å². The van der Waals surface area contributed by atoms with Gasteiger partial charge in [0.05, 0.1) is 15.6 Å². The molecule has 0 atom stereocenters. The maximum Gasteiger partial charge on any atom is 0.313 e. The Morgan fingerprint density at radius 3 is 2.71 bits per heavy atom. The Morgan fingerprint density at radius 2 is 2.10 bits per heavy atom. The minimum Gasteiger partial charge on any atom is -0.428 e. The van der Waals surface area contributed by atoms with Gasteiger partial charge in [-0.1, -0.05) is 17.7 Å². The molecule has 7 nitrogen and oxygen atoms in total. The average Bonchev–Trinajstić information content (AvgIpc) is 2.45. The third kappa shape index (κ3) is 2.75. The highest BCUT2D eigenvalue weighted by Gasteiger charge is 2.22. The zero-order chi connectivity index (χ0) is 15.6. The molecule has 0 spiro atoms. The number of para-hydroxylation sites is 1. The molecule has 0 saturated carbocycles. The zero-order valence-corrected chi connectivity index (χ0v) is 11.9. The van der Waals surface area contributed by atoms with E-state index in [1.54, 1.807) is 13.8 Å². The number of ether oxygens (including phenoxy) is 1. The first-order valence-electron chi connectivity index (χ1n) is 5.80. The lowest BCUT2D eigenvalue weighted by molar-refractivity contribution is -0.385. The highest BCUT2D eigenvalue weighted by atomic mass is 35.5. The number of aromatic nitrogens is 2. The van der Waals surface area contributed by atoms with Crippen LogP contribution in [0.2, 0.25) is 5.02 Å². The molecular formula is C13H9ClN4O3. The molecule has 1 heterocycles. The Bertz CT molecular complexity index is 771. The topological polar surface area (TPSA) is 102 Å². The number of benzene rings is 1. The minimum atomic E-state index is -0.623. The van der Waals surface area contributed by atoms with Crippen molar-refractivity contribution in [1.82, 2.24) is 10.2 Å². The Balaban J connectivity index is 2.57. The predicted molar refractivity (Wildman–Crippen MR) is 74.4 cm³/mol. The number of hydrogen-bond donors (Lipinski definition) is 0. The molecule has 106 valence electrons. The summed E-state index contributed by atoms with van der Waals surface area (Å²) >= 11 is 5.93.